The van der Waals surface area contributed by atoms with E-state index in [2.05, 4.69) is 193 Å². The Kier molecular flexibility index (Phi) is 7.18. The maximum Gasteiger partial charge on any atom is 0.137 e. The molecular weight excluding hydrogens is 631 g/mol. The van der Waals surface area contributed by atoms with Crippen LogP contribution in [-0.4, -0.2) is 0 Å². The lowest BCUT2D eigenvalue weighted by molar-refractivity contribution is 0.669. The van der Waals surface area contributed by atoms with E-state index >= 15 is 0 Å². The maximum absolute atomic E-state index is 6.38. The van der Waals surface area contributed by atoms with Crippen molar-refractivity contribution >= 4 is 60.5 Å². The van der Waals surface area contributed by atoms with E-state index in [0.717, 1.165) is 39.0 Å². The van der Waals surface area contributed by atoms with Crippen molar-refractivity contribution < 1.29 is 4.42 Å². The predicted molar refractivity (Wildman–Crippen MR) is 220 cm³/mol. The first kappa shape index (κ1) is 30.0. The Hall–Kier alpha value is -6.90. The highest BCUT2D eigenvalue weighted by atomic mass is 16.3. The molecule has 52 heavy (non-hydrogen) atoms. The highest BCUT2D eigenvalue weighted by molar-refractivity contribution is 6.13. The lowest BCUT2D eigenvalue weighted by Gasteiger charge is -2.27. The molecule has 1 aromatic heterocycles. The number of nitrogens with zero attached hydrogens (tertiary/aromatic N) is 1. The fraction of sp³-hybridized carbons (Fsp3) is 0. The number of hydrogen-bond donors (Lipinski definition) is 0. The molecule has 0 radical (unpaired) electrons. The van der Waals surface area contributed by atoms with Crippen LogP contribution in [0.4, 0.5) is 17.1 Å². The molecule has 0 spiro atoms. The van der Waals surface area contributed by atoms with Crippen molar-refractivity contribution in [2.75, 3.05) is 4.90 Å². The molecule has 0 unspecified atom stereocenters. The van der Waals surface area contributed by atoms with Gasteiger partial charge in [-0.3, -0.25) is 0 Å². The minimum Gasteiger partial charge on any atom is -0.456 e. The van der Waals surface area contributed by atoms with Crippen LogP contribution in [0.5, 0.6) is 0 Å². The second kappa shape index (κ2) is 12.5. The average Bonchev–Trinajstić information content (AvgIpc) is 3.60. The van der Waals surface area contributed by atoms with E-state index < -0.39 is 0 Å². The van der Waals surface area contributed by atoms with E-state index in [1.54, 1.807) is 0 Å². The summed E-state index contributed by atoms with van der Waals surface area (Å²) in [5.41, 5.74) is 12.2. The Labute approximate surface area is 302 Å². The lowest BCUT2D eigenvalue weighted by atomic mass is 9.96. The van der Waals surface area contributed by atoms with Crippen molar-refractivity contribution in [3.63, 3.8) is 0 Å². The van der Waals surface area contributed by atoms with Gasteiger partial charge in [-0.05, 0) is 116 Å². The second-order valence-corrected chi connectivity index (χ2v) is 13.4. The smallest absolute Gasteiger partial charge is 0.137 e. The molecule has 10 aromatic rings. The van der Waals surface area contributed by atoms with Gasteiger partial charge in [-0.15, -0.1) is 0 Å². The highest BCUT2D eigenvalue weighted by Gasteiger charge is 2.20. The van der Waals surface area contributed by atoms with Crippen LogP contribution in [0.15, 0.2) is 205 Å². The molecule has 0 aliphatic heterocycles. The molecule has 0 fully saturated rings. The number of benzene rings is 9. The normalized spacial score (nSPS) is 11.5. The zero-order valence-corrected chi connectivity index (χ0v) is 28.4. The van der Waals surface area contributed by atoms with Crippen LogP contribution in [0.2, 0.25) is 0 Å². The Balaban J connectivity index is 1.12. The van der Waals surface area contributed by atoms with Crippen LogP contribution in [0.1, 0.15) is 0 Å². The first-order valence-corrected chi connectivity index (χ1v) is 17.7. The Morgan fingerprint density at radius 3 is 1.69 bits per heavy atom. The zero-order valence-electron chi connectivity index (χ0n) is 28.4. The SMILES string of the molecule is c1ccc(-c2cccc(N(c3ccc4ccc(-c5cccc(-c6ccc7ccccc7c6)c5)cc4c3)c3cccc4oc5ccccc5c34)c2)cc1. The first-order chi connectivity index (χ1) is 25.7. The molecule has 1 heterocycles. The third kappa shape index (κ3) is 5.30. The van der Waals surface area contributed by atoms with Gasteiger partial charge in [0, 0.05) is 16.8 Å². The molecule has 0 aliphatic carbocycles. The molecule has 10 rings (SSSR count). The molecule has 0 bridgehead atoms. The topological polar surface area (TPSA) is 16.4 Å². The summed E-state index contributed by atoms with van der Waals surface area (Å²) < 4.78 is 6.38. The average molecular weight is 664 g/mol. The number of hydrogen-bond acceptors (Lipinski definition) is 2. The van der Waals surface area contributed by atoms with Crippen molar-refractivity contribution in [2.24, 2.45) is 0 Å². The lowest BCUT2D eigenvalue weighted by Crippen LogP contribution is -2.10. The monoisotopic (exact) mass is 663 g/mol. The van der Waals surface area contributed by atoms with E-state index in [0.29, 0.717) is 0 Å². The largest absolute Gasteiger partial charge is 0.456 e. The number of anilines is 3. The standard InChI is InChI=1S/C50H33NO/c1-2-11-34(12-3-1)40-17-9-18-44(32-40)51(47-20-10-22-49-50(47)46-19-6-7-21-48(46)52-49)45-28-27-36-24-26-42(31-43(36)33-45)39-16-8-15-38(30-39)41-25-23-35-13-4-5-14-37(35)29-41/h1-33H. The van der Waals surface area contributed by atoms with Crippen LogP contribution in [-0.2, 0) is 0 Å². The molecule has 0 saturated heterocycles. The van der Waals surface area contributed by atoms with Gasteiger partial charge in [0.15, 0.2) is 0 Å². The van der Waals surface area contributed by atoms with Gasteiger partial charge in [0.2, 0.25) is 0 Å². The summed E-state index contributed by atoms with van der Waals surface area (Å²) in [7, 11) is 0. The Morgan fingerprint density at radius 1 is 0.308 bits per heavy atom. The van der Waals surface area contributed by atoms with Crippen molar-refractivity contribution in [1.29, 1.82) is 0 Å². The molecule has 9 aromatic carbocycles. The zero-order chi connectivity index (χ0) is 34.4. The van der Waals surface area contributed by atoms with Crippen molar-refractivity contribution in [2.45, 2.75) is 0 Å². The summed E-state index contributed by atoms with van der Waals surface area (Å²) in [6, 6.07) is 71.8. The molecule has 2 heteroatoms. The number of fused-ring (bicyclic) bond motifs is 5. The van der Waals surface area contributed by atoms with Gasteiger partial charge in [-0.2, -0.15) is 0 Å². The molecule has 244 valence electrons. The quantitative estimate of drug-likeness (QED) is 0.176. The van der Waals surface area contributed by atoms with Gasteiger partial charge in [0.05, 0.1) is 11.1 Å². The Bertz CT molecular complexity index is 2920. The van der Waals surface area contributed by atoms with Gasteiger partial charge < -0.3 is 9.32 Å². The predicted octanol–water partition coefficient (Wildman–Crippen LogP) is 14.4. The van der Waals surface area contributed by atoms with Crippen LogP contribution in [0, 0.1) is 0 Å². The fourth-order valence-electron chi connectivity index (χ4n) is 7.62. The van der Waals surface area contributed by atoms with E-state index in [1.165, 1.54) is 54.9 Å². The molecule has 0 N–H and O–H groups in total. The van der Waals surface area contributed by atoms with Crippen molar-refractivity contribution in [3.05, 3.63) is 200 Å². The molecule has 0 amide bonds. The summed E-state index contributed by atoms with van der Waals surface area (Å²) in [6.07, 6.45) is 0. The fourth-order valence-corrected chi connectivity index (χ4v) is 7.62. The van der Waals surface area contributed by atoms with Gasteiger partial charge in [-0.25, -0.2) is 0 Å². The minimum absolute atomic E-state index is 0.872. The number of furan rings is 1. The van der Waals surface area contributed by atoms with Crippen LogP contribution in [0.25, 0.3) is 76.9 Å². The molecular formula is C50H33NO. The van der Waals surface area contributed by atoms with Crippen LogP contribution >= 0.6 is 0 Å². The molecule has 0 saturated carbocycles. The molecule has 2 nitrogen and oxygen atoms in total. The minimum atomic E-state index is 0.872. The summed E-state index contributed by atoms with van der Waals surface area (Å²) in [6.45, 7) is 0. The van der Waals surface area contributed by atoms with Crippen molar-refractivity contribution in [1.82, 2.24) is 0 Å². The number of rotatable bonds is 6. The maximum atomic E-state index is 6.38. The summed E-state index contributed by atoms with van der Waals surface area (Å²) in [4.78, 5) is 2.38. The van der Waals surface area contributed by atoms with Crippen LogP contribution in [0.3, 0.4) is 0 Å². The van der Waals surface area contributed by atoms with Crippen molar-refractivity contribution in [3.8, 4) is 33.4 Å². The van der Waals surface area contributed by atoms with Gasteiger partial charge in [0.25, 0.3) is 0 Å². The Morgan fingerprint density at radius 2 is 0.865 bits per heavy atom. The van der Waals surface area contributed by atoms with E-state index in [-0.39, 0.29) is 0 Å². The molecule has 0 aliphatic rings. The third-order valence-corrected chi connectivity index (χ3v) is 10.2. The van der Waals surface area contributed by atoms with Gasteiger partial charge in [-0.1, -0.05) is 140 Å². The van der Waals surface area contributed by atoms with E-state index in [1.807, 2.05) is 12.1 Å². The first-order valence-electron chi connectivity index (χ1n) is 17.7. The molecule has 0 atom stereocenters. The van der Waals surface area contributed by atoms with Gasteiger partial charge >= 0.3 is 0 Å². The summed E-state index contributed by atoms with van der Waals surface area (Å²) in [5.74, 6) is 0. The summed E-state index contributed by atoms with van der Waals surface area (Å²) >= 11 is 0. The van der Waals surface area contributed by atoms with E-state index in [4.69, 9.17) is 4.42 Å². The highest BCUT2D eigenvalue weighted by Crippen LogP contribution is 2.44. The third-order valence-electron chi connectivity index (χ3n) is 10.2. The van der Waals surface area contributed by atoms with Gasteiger partial charge in [0.1, 0.15) is 11.2 Å². The number of para-hydroxylation sites is 1. The summed E-state index contributed by atoms with van der Waals surface area (Å²) in [5, 5.41) is 7.09. The second-order valence-electron chi connectivity index (χ2n) is 13.4. The van der Waals surface area contributed by atoms with Crippen LogP contribution < -0.4 is 4.90 Å². The van der Waals surface area contributed by atoms with E-state index in [9.17, 15) is 0 Å².